The Morgan fingerprint density at radius 2 is 1.94 bits per heavy atom. The van der Waals surface area contributed by atoms with Crippen LogP contribution < -0.4 is 15.4 Å². The summed E-state index contributed by atoms with van der Waals surface area (Å²) in [6, 6.07) is 3.12. The number of halogens is 3. The van der Waals surface area contributed by atoms with Crippen molar-refractivity contribution in [1.29, 1.82) is 0 Å². The molecule has 2 unspecified atom stereocenters. The third kappa shape index (κ3) is 6.16. The number of alkyl halides is 3. The van der Waals surface area contributed by atoms with E-state index in [0.29, 0.717) is 19.5 Å². The van der Waals surface area contributed by atoms with Crippen LogP contribution in [0, 0.1) is 0 Å². The van der Waals surface area contributed by atoms with Crippen molar-refractivity contribution in [1.82, 2.24) is 15.6 Å². The summed E-state index contributed by atoms with van der Waals surface area (Å²) in [7, 11) is 0. The highest BCUT2D eigenvalue weighted by atomic mass is 32.1. The Balaban J connectivity index is 1.79. The molecule has 15 heteroatoms. The van der Waals surface area contributed by atoms with Gasteiger partial charge in [0.05, 0.1) is 5.69 Å². The first-order chi connectivity index (χ1) is 16.7. The van der Waals surface area contributed by atoms with Gasteiger partial charge < -0.3 is 30.3 Å². The number of ether oxygens (including phenoxy) is 2. The Hall–Kier alpha value is -3.56. The van der Waals surface area contributed by atoms with E-state index < -0.39 is 53.1 Å². The minimum atomic E-state index is -5.50. The van der Waals surface area contributed by atoms with Gasteiger partial charge in [0.1, 0.15) is 0 Å². The fraction of sp³-hybridized carbons (Fsp3) is 0.381. The van der Waals surface area contributed by atoms with Gasteiger partial charge in [-0.15, -0.1) is 11.3 Å². The molecule has 2 heterocycles. The number of hydrogen-bond acceptors (Lipinski definition) is 11. The number of carbonyl (C=O) groups excluding carboxylic acids is 4. The highest BCUT2D eigenvalue weighted by Gasteiger charge is 2.44. The van der Waals surface area contributed by atoms with Crippen LogP contribution in [0.1, 0.15) is 39.8 Å². The van der Waals surface area contributed by atoms with Gasteiger partial charge in [0.15, 0.2) is 28.0 Å². The van der Waals surface area contributed by atoms with Gasteiger partial charge >= 0.3 is 18.1 Å². The second kappa shape index (κ2) is 10.2. The number of ketones is 1. The molecule has 36 heavy (non-hydrogen) atoms. The summed E-state index contributed by atoms with van der Waals surface area (Å²) in [6.07, 6.45) is -7.20. The molecule has 0 saturated carbocycles. The first-order valence-electron chi connectivity index (χ1n) is 10.3. The van der Waals surface area contributed by atoms with Crippen molar-refractivity contribution in [3.63, 3.8) is 0 Å². The van der Waals surface area contributed by atoms with Gasteiger partial charge in [-0.25, -0.2) is 14.6 Å². The van der Waals surface area contributed by atoms with E-state index in [1.54, 1.807) is 0 Å². The summed E-state index contributed by atoms with van der Waals surface area (Å²) in [4.78, 5) is 52.5. The second-order valence-electron chi connectivity index (χ2n) is 7.84. The van der Waals surface area contributed by atoms with Crippen LogP contribution in [0.25, 0.3) is 0 Å². The van der Waals surface area contributed by atoms with Crippen molar-refractivity contribution >= 4 is 35.0 Å². The smallest absolute Gasteiger partial charge is 0.491 e. The highest BCUT2D eigenvalue weighted by molar-refractivity contribution is 7.13. The molecule has 1 aliphatic rings. The molecular weight excluding hydrogens is 511 g/mol. The molecule has 0 aliphatic carbocycles. The van der Waals surface area contributed by atoms with Gasteiger partial charge in [-0.2, -0.15) is 13.2 Å². The Labute approximate surface area is 205 Å². The average molecular weight is 531 g/mol. The van der Waals surface area contributed by atoms with Gasteiger partial charge in [-0.1, -0.05) is 6.07 Å². The van der Waals surface area contributed by atoms with Gasteiger partial charge in [0, 0.05) is 30.0 Å². The molecular formula is C21H20F3N3O8S. The fourth-order valence-electron chi connectivity index (χ4n) is 3.11. The molecule has 1 amide bonds. The Morgan fingerprint density at radius 3 is 2.56 bits per heavy atom. The Kier molecular flexibility index (Phi) is 7.66. The molecule has 0 fully saturated rings. The molecule has 0 spiro atoms. The molecule has 2 aromatic rings. The number of aliphatic hydroxyl groups is 1. The molecule has 11 nitrogen and oxygen atoms in total. The first kappa shape index (κ1) is 27.0. The zero-order valence-electron chi connectivity index (χ0n) is 18.8. The van der Waals surface area contributed by atoms with E-state index in [4.69, 9.17) is 4.74 Å². The van der Waals surface area contributed by atoms with Gasteiger partial charge in [0.25, 0.3) is 12.0 Å². The molecule has 194 valence electrons. The van der Waals surface area contributed by atoms with Crippen LogP contribution in [0.3, 0.4) is 0 Å². The van der Waals surface area contributed by atoms with E-state index in [9.17, 15) is 42.6 Å². The number of phenolic OH excluding ortho intramolecular Hbond substituents is 1. The van der Waals surface area contributed by atoms with Crippen molar-refractivity contribution < 1.29 is 52.0 Å². The standard InChI is InChI=1S/C21H20F3N3O8S/c1-9(28)15(18(31)35-19(32)21(22,23)24)34-13-7-10(3-4-12(13)29)20(2,33)27-16(30)17-26-11-5-6-25-8-14(11)36-17/h3-4,7,15,25,29,33H,5-6,8H2,1-2H3,(H,27,30). The summed E-state index contributed by atoms with van der Waals surface area (Å²) in [5.74, 6) is -7.94. The lowest BCUT2D eigenvalue weighted by molar-refractivity contribution is -0.203. The topological polar surface area (TPSA) is 164 Å². The lowest BCUT2D eigenvalue weighted by Crippen LogP contribution is -2.43. The van der Waals surface area contributed by atoms with Crippen LogP contribution >= 0.6 is 11.3 Å². The number of nitrogens with zero attached hydrogens (tertiary/aromatic N) is 1. The predicted octanol–water partition coefficient (Wildman–Crippen LogP) is 1.06. The third-order valence-electron chi connectivity index (χ3n) is 4.93. The molecule has 0 saturated heterocycles. The number of benzene rings is 1. The summed E-state index contributed by atoms with van der Waals surface area (Å²) < 4.78 is 45.8. The second-order valence-corrected chi connectivity index (χ2v) is 8.92. The molecule has 4 N–H and O–H groups in total. The quantitative estimate of drug-likeness (QED) is 0.231. The van der Waals surface area contributed by atoms with Crippen molar-refractivity contribution in [3.05, 3.63) is 39.3 Å². The summed E-state index contributed by atoms with van der Waals surface area (Å²) in [5.41, 5.74) is -1.39. The number of Topliss-reactive ketones (excluding diaryl/α,β-unsaturated/α-hetero) is 1. The Bertz CT molecular complexity index is 1190. The predicted molar refractivity (Wildman–Crippen MR) is 115 cm³/mol. The number of nitrogens with one attached hydrogen (secondary N) is 2. The largest absolute Gasteiger partial charge is 0.504 e. The lowest BCUT2D eigenvalue weighted by Gasteiger charge is -2.26. The maximum absolute atomic E-state index is 12.7. The number of hydrogen-bond donors (Lipinski definition) is 4. The van der Waals surface area contributed by atoms with E-state index in [1.807, 2.05) is 0 Å². The number of phenols is 1. The highest BCUT2D eigenvalue weighted by Crippen LogP contribution is 2.32. The van der Waals surface area contributed by atoms with Crippen molar-refractivity contribution in [2.75, 3.05) is 6.54 Å². The van der Waals surface area contributed by atoms with Gasteiger partial charge in [-0.05, 0) is 26.0 Å². The number of carbonyl (C=O) groups is 4. The molecule has 2 atom stereocenters. The van der Waals surface area contributed by atoms with E-state index in [0.717, 1.165) is 41.0 Å². The number of esters is 2. The lowest BCUT2D eigenvalue weighted by atomic mass is 10.0. The van der Waals surface area contributed by atoms with Crippen LogP contribution in [-0.2, 0) is 37.8 Å². The van der Waals surface area contributed by atoms with Crippen LogP contribution in [0.15, 0.2) is 18.2 Å². The van der Waals surface area contributed by atoms with Gasteiger partial charge in [0.2, 0.25) is 0 Å². The zero-order valence-corrected chi connectivity index (χ0v) is 19.6. The SMILES string of the molecule is CC(=O)C(Oc1cc(C(C)(O)NC(=O)c2nc3c(s2)CNCC3)ccc1O)C(=O)OC(=O)C(F)(F)F. The zero-order chi connectivity index (χ0) is 26.8. The third-order valence-corrected chi connectivity index (χ3v) is 6.02. The van der Waals surface area contributed by atoms with E-state index in [2.05, 4.69) is 20.4 Å². The molecule has 1 aromatic carbocycles. The van der Waals surface area contributed by atoms with Crippen molar-refractivity contribution in [3.8, 4) is 11.5 Å². The maximum atomic E-state index is 12.7. The molecule has 1 aromatic heterocycles. The van der Waals surface area contributed by atoms with Crippen LogP contribution in [0.5, 0.6) is 11.5 Å². The number of aromatic hydroxyl groups is 1. The monoisotopic (exact) mass is 531 g/mol. The summed E-state index contributed by atoms with van der Waals surface area (Å²) in [5, 5.41) is 26.5. The average Bonchev–Trinajstić information content (AvgIpc) is 3.21. The molecule has 1 aliphatic heterocycles. The van der Waals surface area contributed by atoms with Gasteiger partial charge in [-0.3, -0.25) is 9.59 Å². The van der Waals surface area contributed by atoms with E-state index in [-0.39, 0.29) is 10.6 Å². The number of fused-ring (bicyclic) bond motifs is 1. The van der Waals surface area contributed by atoms with Crippen molar-refractivity contribution in [2.45, 2.75) is 44.8 Å². The molecule has 3 rings (SSSR count). The number of aromatic nitrogens is 1. The van der Waals surface area contributed by atoms with Crippen LogP contribution in [-0.4, -0.2) is 57.7 Å². The first-order valence-corrected chi connectivity index (χ1v) is 11.1. The number of thiazole rings is 1. The summed E-state index contributed by atoms with van der Waals surface area (Å²) in [6.45, 7) is 3.24. The van der Waals surface area contributed by atoms with E-state index >= 15 is 0 Å². The maximum Gasteiger partial charge on any atom is 0.491 e. The fourth-order valence-corrected chi connectivity index (χ4v) is 4.08. The van der Waals surface area contributed by atoms with Crippen LogP contribution in [0.2, 0.25) is 0 Å². The minimum Gasteiger partial charge on any atom is -0.504 e. The number of rotatable bonds is 7. The molecule has 0 radical (unpaired) electrons. The molecule has 0 bridgehead atoms. The normalized spacial score (nSPS) is 15.7. The van der Waals surface area contributed by atoms with E-state index in [1.165, 1.54) is 13.0 Å². The van der Waals surface area contributed by atoms with Crippen LogP contribution in [0.4, 0.5) is 13.2 Å². The Morgan fingerprint density at radius 1 is 1.25 bits per heavy atom. The van der Waals surface area contributed by atoms with Crippen molar-refractivity contribution in [2.24, 2.45) is 0 Å². The summed E-state index contributed by atoms with van der Waals surface area (Å²) >= 11 is 1.15. The number of amides is 1. The minimum absolute atomic E-state index is 0.0892.